The number of aryl methyl sites for hydroxylation is 1. The molecule has 1 aromatic carbocycles. The van der Waals surface area contributed by atoms with Crippen molar-refractivity contribution in [1.82, 2.24) is 10.1 Å². The molecule has 0 radical (unpaired) electrons. The average Bonchev–Trinajstić information content (AvgIpc) is 2.81. The molecule has 2 rings (SSSR count). The zero-order valence-electron chi connectivity index (χ0n) is 10.2. The maximum Gasteiger partial charge on any atom is 0.270 e. The minimum absolute atomic E-state index is 0.0264. The SMILES string of the molecule is Cc1noc(COc2ccc([N+](=O)[O-])cc2CN)n1. The lowest BCUT2D eigenvalue weighted by Crippen LogP contribution is -2.04. The monoisotopic (exact) mass is 264 g/mol. The van der Waals surface area contributed by atoms with Crippen molar-refractivity contribution in [2.45, 2.75) is 20.1 Å². The lowest BCUT2D eigenvalue weighted by molar-refractivity contribution is -0.384. The van der Waals surface area contributed by atoms with Gasteiger partial charge < -0.3 is 15.0 Å². The van der Waals surface area contributed by atoms with Gasteiger partial charge in [-0.2, -0.15) is 4.98 Å². The molecule has 0 saturated heterocycles. The summed E-state index contributed by atoms with van der Waals surface area (Å²) in [5.41, 5.74) is 6.06. The van der Waals surface area contributed by atoms with Gasteiger partial charge in [0, 0.05) is 24.2 Å². The Morgan fingerprint density at radius 2 is 2.32 bits per heavy atom. The molecular formula is C11H12N4O4. The van der Waals surface area contributed by atoms with Crippen LogP contribution >= 0.6 is 0 Å². The first-order chi connectivity index (χ1) is 9.10. The van der Waals surface area contributed by atoms with E-state index in [2.05, 4.69) is 10.1 Å². The van der Waals surface area contributed by atoms with E-state index in [9.17, 15) is 10.1 Å². The van der Waals surface area contributed by atoms with Crippen molar-refractivity contribution in [3.05, 3.63) is 45.6 Å². The predicted octanol–water partition coefficient (Wildman–Crippen LogP) is 1.32. The molecule has 8 nitrogen and oxygen atoms in total. The minimum atomic E-state index is -0.482. The summed E-state index contributed by atoms with van der Waals surface area (Å²) in [6, 6.07) is 4.24. The normalized spacial score (nSPS) is 10.4. The van der Waals surface area contributed by atoms with Crippen molar-refractivity contribution in [2.24, 2.45) is 5.73 Å². The van der Waals surface area contributed by atoms with Crippen LogP contribution in [0.25, 0.3) is 0 Å². The summed E-state index contributed by atoms with van der Waals surface area (Å²) < 4.78 is 10.4. The van der Waals surface area contributed by atoms with Crippen LogP contribution in [0.3, 0.4) is 0 Å². The lowest BCUT2D eigenvalue weighted by Gasteiger charge is -2.08. The second-order valence-corrected chi connectivity index (χ2v) is 3.78. The summed E-state index contributed by atoms with van der Waals surface area (Å²) in [6.45, 7) is 1.93. The van der Waals surface area contributed by atoms with E-state index in [-0.39, 0.29) is 18.8 Å². The second kappa shape index (κ2) is 5.44. The Morgan fingerprint density at radius 3 is 2.89 bits per heavy atom. The first-order valence-corrected chi connectivity index (χ1v) is 5.49. The number of benzene rings is 1. The molecule has 2 N–H and O–H groups in total. The van der Waals surface area contributed by atoms with Gasteiger partial charge in [0.25, 0.3) is 11.6 Å². The standard InChI is InChI=1S/C11H12N4O4/c1-7-13-11(19-14-7)6-18-10-3-2-9(15(16)17)4-8(10)5-12/h2-4H,5-6,12H2,1H3. The highest BCUT2D eigenvalue weighted by Crippen LogP contribution is 2.24. The summed E-state index contributed by atoms with van der Waals surface area (Å²) in [5, 5.41) is 14.3. The van der Waals surface area contributed by atoms with Gasteiger partial charge in [-0.1, -0.05) is 5.16 Å². The van der Waals surface area contributed by atoms with Crippen LogP contribution in [-0.2, 0) is 13.2 Å². The Labute approximate surface area is 108 Å². The molecule has 1 aromatic heterocycles. The van der Waals surface area contributed by atoms with Crippen molar-refractivity contribution in [2.75, 3.05) is 0 Å². The number of hydrogen-bond donors (Lipinski definition) is 1. The largest absolute Gasteiger partial charge is 0.483 e. The second-order valence-electron chi connectivity index (χ2n) is 3.78. The summed E-state index contributed by atoms with van der Waals surface area (Å²) in [6.07, 6.45) is 0. The molecule has 0 aliphatic rings. The van der Waals surface area contributed by atoms with Crippen molar-refractivity contribution < 1.29 is 14.2 Å². The first kappa shape index (κ1) is 13.0. The van der Waals surface area contributed by atoms with E-state index in [1.807, 2.05) is 0 Å². The summed E-state index contributed by atoms with van der Waals surface area (Å²) >= 11 is 0. The summed E-state index contributed by atoms with van der Waals surface area (Å²) in [4.78, 5) is 14.2. The minimum Gasteiger partial charge on any atom is -0.483 e. The van der Waals surface area contributed by atoms with Crippen LogP contribution in [0, 0.1) is 17.0 Å². The summed E-state index contributed by atoms with van der Waals surface area (Å²) in [7, 11) is 0. The molecule has 0 atom stereocenters. The van der Waals surface area contributed by atoms with E-state index >= 15 is 0 Å². The molecule has 0 fully saturated rings. The number of aromatic nitrogens is 2. The number of nitrogens with two attached hydrogens (primary N) is 1. The van der Waals surface area contributed by atoms with Crippen molar-refractivity contribution in [3.8, 4) is 5.75 Å². The molecule has 8 heteroatoms. The van der Waals surface area contributed by atoms with E-state index in [1.165, 1.54) is 18.2 Å². The number of hydrogen-bond acceptors (Lipinski definition) is 7. The number of rotatable bonds is 5. The fraction of sp³-hybridized carbons (Fsp3) is 0.273. The van der Waals surface area contributed by atoms with Crippen molar-refractivity contribution >= 4 is 5.69 Å². The number of ether oxygens (including phenoxy) is 1. The summed E-state index contributed by atoms with van der Waals surface area (Å²) in [5.74, 6) is 1.31. The van der Waals surface area contributed by atoms with Crippen LogP contribution in [0.4, 0.5) is 5.69 Å². The van der Waals surface area contributed by atoms with Gasteiger partial charge in [0.05, 0.1) is 4.92 Å². The topological polar surface area (TPSA) is 117 Å². The first-order valence-electron chi connectivity index (χ1n) is 5.49. The van der Waals surface area contributed by atoms with Gasteiger partial charge in [-0.15, -0.1) is 0 Å². The molecule has 0 unspecified atom stereocenters. The molecule has 0 aliphatic carbocycles. The Hall–Kier alpha value is -2.48. The molecule has 0 spiro atoms. The van der Waals surface area contributed by atoms with Gasteiger partial charge in [0.1, 0.15) is 5.75 Å². The van der Waals surface area contributed by atoms with E-state index in [0.717, 1.165) is 0 Å². The molecule has 19 heavy (non-hydrogen) atoms. The highest BCUT2D eigenvalue weighted by molar-refractivity contribution is 5.43. The predicted molar refractivity (Wildman–Crippen MR) is 64.4 cm³/mol. The number of nitro groups is 1. The van der Waals surface area contributed by atoms with E-state index in [4.69, 9.17) is 15.0 Å². The quantitative estimate of drug-likeness (QED) is 0.639. The van der Waals surface area contributed by atoms with Gasteiger partial charge in [-0.05, 0) is 13.0 Å². The van der Waals surface area contributed by atoms with Gasteiger partial charge in [0.15, 0.2) is 12.4 Å². The zero-order chi connectivity index (χ0) is 13.8. The Balaban J connectivity index is 2.13. The highest BCUT2D eigenvalue weighted by Gasteiger charge is 2.12. The van der Waals surface area contributed by atoms with Crippen LogP contribution < -0.4 is 10.5 Å². The molecule has 0 bridgehead atoms. The molecule has 0 saturated carbocycles. The van der Waals surface area contributed by atoms with Gasteiger partial charge >= 0.3 is 0 Å². The zero-order valence-corrected chi connectivity index (χ0v) is 10.2. The van der Waals surface area contributed by atoms with Crippen molar-refractivity contribution in [1.29, 1.82) is 0 Å². The van der Waals surface area contributed by atoms with Gasteiger partial charge in [-0.3, -0.25) is 10.1 Å². The van der Waals surface area contributed by atoms with Crippen LogP contribution in [0.15, 0.2) is 22.7 Å². The maximum atomic E-state index is 10.7. The third-order valence-electron chi connectivity index (χ3n) is 2.40. The third kappa shape index (κ3) is 3.05. The highest BCUT2D eigenvalue weighted by atomic mass is 16.6. The molecule has 100 valence electrons. The van der Waals surface area contributed by atoms with Gasteiger partial charge in [-0.25, -0.2) is 0 Å². The van der Waals surface area contributed by atoms with Crippen LogP contribution in [0.1, 0.15) is 17.3 Å². The Kier molecular flexibility index (Phi) is 3.71. The fourth-order valence-electron chi connectivity index (χ4n) is 1.52. The molecule has 1 heterocycles. The van der Waals surface area contributed by atoms with Crippen LogP contribution in [0.2, 0.25) is 0 Å². The Bertz CT molecular complexity index is 596. The average molecular weight is 264 g/mol. The van der Waals surface area contributed by atoms with Crippen LogP contribution in [-0.4, -0.2) is 15.1 Å². The van der Waals surface area contributed by atoms with Crippen LogP contribution in [0.5, 0.6) is 5.75 Å². The number of nitrogens with zero attached hydrogens (tertiary/aromatic N) is 3. The molecule has 2 aromatic rings. The van der Waals surface area contributed by atoms with E-state index in [1.54, 1.807) is 6.92 Å². The van der Waals surface area contributed by atoms with Gasteiger partial charge in [0.2, 0.25) is 0 Å². The lowest BCUT2D eigenvalue weighted by atomic mass is 10.2. The fourth-order valence-corrected chi connectivity index (χ4v) is 1.52. The maximum absolute atomic E-state index is 10.7. The number of non-ortho nitro benzene ring substituents is 1. The number of nitro benzene ring substituents is 1. The smallest absolute Gasteiger partial charge is 0.270 e. The molecule has 0 amide bonds. The third-order valence-corrected chi connectivity index (χ3v) is 2.40. The van der Waals surface area contributed by atoms with E-state index < -0.39 is 4.92 Å². The van der Waals surface area contributed by atoms with Crippen molar-refractivity contribution in [3.63, 3.8) is 0 Å². The Morgan fingerprint density at radius 1 is 1.53 bits per heavy atom. The molecule has 0 aliphatic heterocycles. The molecular weight excluding hydrogens is 252 g/mol. The van der Waals surface area contributed by atoms with E-state index in [0.29, 0.717) is 23.0 Å².